The second kappa shape index (κ2) is 6.61. The van der Waals surface area contributed by atoms with Crippen LogP contribution in [-0.4, -0.2) is 39.3 Å². The molecule has 0 unspecified atom stereocenters. The van der Waals surface area contributed by atoms with Crippen LogP contribution in [0.1, 0.15) is 48.2 Å². The van der Waals surface area contributed by atoms with Crippen molar-refractivity contribution >= 4 is 5.91 Å². The molecule has 1 spiro atoms. The molecule has 3 aromatic rings. The number of likely N-dealkylation sites (tertiary alicyclic amines) is 1. The molecule has 6 heteroatoms. The predicted octanol–water partition coefficient (Wildman–Crippen LogP) is 4.32. The fraction of sp³-hybridized carbons (Fsp3) is 0.385. The quantitative estimate of drug-likeness (QED) is 0.578. The molecule has 1 aromatic heterocycles. The van der Waals surface area contributed by atoms with E-state index in [1.165, 1.54) is 0 Å². The summed E-state index contributed by atoms with van der Waals surface area (Å²) in [7, 11) is 1.98. The minimum atomic E-state index is -0.446. The van der Waals surface area contributed by atoms with Gasteiger partial charge < -0.3 is 14.4 Å². The summed E-state index contributed by atoms with van der Waals surface area (Å²) in [6.07, 6.45) is 4.17. The normalized spacial score (nSPS) is 19.5. The molecule has 0 saturated carbocycles. The van der Waals surface area contributed by atoms with Crippen molar-refractivity contribution in [2.24, 2.45) is 7.05 Å². The highest BCUT2D eigenvalue weighted by Crippen LogP contribution is 2.49. The number of amides is 1. The van der Waals surface area contributed by atoms with Gasteiger partial charge in [-0.15, -0.1) is 0 Å². The van der Waals surface area contributed by atoms with Crippen LogP contribution in [0, 0.1) is 0 Å². The van der Waals surface area contributed by atoms with E-state index in [0.717, 1.165) is 58.7 Å². The number of carbonyl (C=O) groups excluding carboxylic acids is 1. The highest BCUT2D eigenvalue weighted by molar-refractivity contribution is 5.96. The van der Waals surface area contributed by atoms with Gasteiger partial charge in [-0.05, 0) is 38.1 Å². The van der Waals surface area contributed by atoms with E-state index in [4.69, 9.17) is 9.47 Å². The number of hydrogen-bond acceptors (Lipinski definition) is 4. The van der Waals surface area contributed by atoms with Gasteiger partial charge in [0.05, 0.1) is 11.9 Å². The van der Waals surface area contributed by atoms with Gasteiger partial charge in [-0.2, -0.15) is 5.10 Å². The van der Waals surface area contributed by atoms with Crippen molar-refractivity contribution < 1.29 is 14.3 Å². The summed E-state index contributed by atoms with van der Waals surface area (Å²) in [4.78, 5) is 15.5. The first kappa shape index (κ1) is 19.4. The molecule has 6 nitrogen and oxygen atoms in total. The zero-order chi connectivity index (χ0) is 22.1. The Kier molecular flexibility index (Phi) is 4.01. The Bertz CT molecular complexity index is 1230. The number of hydrogen-bond donors (Lipinski definition) is 0. The first-order valence-corrected chi connectivity index (χ1v) is 11.3. The molecule has 2 aromatic carbocycles. The van der Waals surface area contributed by atoms with E-state index in [-0.39, 0.29) is 11.5 Å². The minimum absolute atomic E-state index is 0.0839. The molecule has 1 fully saturated rings. The van der Waals surface area contributed by atoms with Gasteiger partial charge in [0.25, 0.3) is 5.91 Å². The molecule has 3 aliphatic heterocycles. The van der Waals surface area contributed by atoms with Gasteiger partial charge in [0.2, 0.25) is 0 Å². The Morgan fingerprint density at radius 3 is 2.56 bits per heavy atom. The Labute approximate surface area is 187 Å². The van der Waals surface area contributed by atoms with Crippen LogP contribution in [0.15, 0.2) is 48.7 Å². The number of aryl methyl sites for hydroxylation is 1. The van der Waals surface area contributed by atoms with Gasteiger partial charge in [0.1, 0.15) is 22.7 Å². The third kappa shape index (κ3) is 2.78. The van der Waals surface area contributed by atoms with Crippen molar-refractivity contribution in [2.45, 2.75) is 44.3 Å². The Hall–Kier alpha value is -3.28. The first-order chi connectivity index (χ1) is 15.4. The van der Waals surface area contributed by atoms with Gasteiger partial charge in [-0.1, -0.05) is 18.2 Å². The van der Waals surface area contributed by atoms with Gasteiger partial charge in [-0.25, -0.2) is 0 Å². The standard InChI is InChI=1S/C26H27N3O3/c1-25(2)15-19-17(8-6-10-22(19)31-25)24(30)29-13-11-26(12-14-29)20-16-27-28(3)23(20)18-7-4-5-9-21(18)32-26/h4-10,16H,11-15H2,1-3H3. The smallest absolute Gasteiger partial charge is 0.254 e. The lowest BCUT2D eigenvalue weighted by molar-refractivity contribution is -0.00174. The lowest BCUT2D eigenvalue weighted by atomic mass is 9.81. The van der Waals surface area contributed by atoms with Crippen LogP contribution in [0.25, 0.3) is 11.3 Å². The van der Waals surface area contributed by atoms with Crippen molar-refractivity contribution in [1.82, 2.24) is 14.7 Å². The minimum Gasteiger partial charge on any atom is -0.487 e. The second-order valence-electron chi connectivity index (χ2n) is 9.74. The van der Waals surface area contributed by atoms with Crippen LogP contribution < -0.4 is 9.47 Å². The molecule has 0 bridgehead atoms. The maximum atomic E-state index is 13.5. The Morgan fingerprint density at radius 2 is 1.75 bits per heavy atom. The van der Waals surface area contributed by atoms with Crippen LogP contribution in [0.2, 0.25) is 0 Å². The number of ether oxygens (including phenoxy) is 2. The lowest BCUT2D eigenvalue weighted by Gasteiger charge is -2.44. The Balaban J connectivity index is 1.28. The van der Waals surface area contributed by atoms with Crippen LogP contribution in [0.3, 0.4) is 0 Å². The van der Waals surface area contributed by atoms with Crippen molar-refractivity contribution in [3.8, 4) is 22.8 Å². The monoisotopic (exact) mass is 429 g/mol. The zero-order valence-corrected chi connectivity index (χ0v) is 18.7. The van der Waals surface area contributed by atoms with E-state index in [1.54, 1.807) is 0 Å². The van der Waals surface area contributed by atoms with E-state index in [2.05, 4.69) is 25.0 Å². The number of aromatic nitrogens is 2. The number of nitrogens with zero attached hydrogens (tertiary/aromatic N) is 3. The summed E-state index contributed by atoms with van der Waals surface area (Å²) in [6, 6.07) is 14.0. The third-order valence-corrected chi connectivity index (χ3v) is 7.09. The van der Waals surface area contributed by atoms with Crippen molar-refractivity contribution in [3.63, 3.8) is 0 Å². The molecule has 1 saturated heterocycles. The van der Waals surface area contributed by atoms with Crippen molar-refractivity contribution in [3.05, 3.63) is 65.4 Å². The summed E-state index contributed by atoms with van der Waals surface area (Å²) in [5.41, 5.74) is 4.40. The molecule has 6 rings (SSSR count). The van der Waals surface area contributed by atoms with E-state index in [1.807, 2.05) is 59.2 Å². The maximum Gasteiger partial charge on any atom is 0.254 e. The Morgan fingerprint density at radius 1 is 1.00 bits per heavy atom. The molecular formula is C26H27N3O3. The largest absolute Gasteiger partial charge is 0.487 e. The summed E-state index contributed by atoms with van der Waals surface area (Å²) in [5, 5.41) is 4.54. The molecule has 32 heavy (non-hydrogen) atoms. The topological polar surface area (TPSA) is 56.6 Å². The van der Waals surface area contributed by atoms with Gasteiger partial charge in [0.15, 0.2) is 0 Å². The molecule has 0 atom stereocenters. The number of fused-ring (bicyclic) bond motifs is 5. The van der Waals surface area contributed by atoms with Crippen LogP contribution in [-0.2, 0) is 19.1 Å². The SMILES string of the molecule is Cn1ncc2c1-c1ccccc1OC21CCN(C(=O)c2cccc3c2CC(C)(C)O3)CC1. The maximum absolute atomic E-state index is 13.5. The lowest BCUT2D eigenvalue weighted by Crippen LogP contribution is -2.49. The summed E-state index contributed by atoms with van der Waals surface area (Å²) >= 11 is 0. The average Bonchev–Trinajstić information content (AvgIpc) is 3.33. The molecule has 0 radical (unpaired) electrons. The summed E-state index contributed by atoms with van der Waals surface area (Å²) < 4.78 is 14.6. The second-order valence-corrected chi connectivity index (χ2v) is 9.74. The first-order valence-electron chi connectivity index (χ1n) is 11.3. The highest BCUT2D eigenvalue weighted by atomic mass is 16.5. The average molecular weight is 430 g/mol. The third-order valence-electron chi connectivity index (χ3n) is 7.09. The van der Waals surface area contributed by atoms with Crippen LogP contribution in [0.4, 0.5) is 0 Å². The fourth-order valence-electron chi connectivity index (χ4n) is 5.52. The van der Waals surface area contributed by atoms with E-state index in [9.17, 15) is 4.79 Å². The number of rotatable bonds is 1. The van der Waals surface area contributed by atoms with E-state index in [0.29, 0.717) is 13.1 Å². The summed E-state index contributed by atoms with van der Waals surface area (Å²) in [6.45, 7) is 5.41. The van der Waals surface area contributed by atoms with Crippen molar-refractivity contribution in [2.75, 3.05) is 13.1 Å². The van der Waals surface area contributed by atoms with E-state index < -0.39 is 5.60 Å². The summed E-state index contributed by atoms with van der Waals surface area (Å²) in [5.74, 6) is 1.81. The molecule has 0 aliphatic carbocycles. The number of benzene rings is 2. The van der Waals surface area contributed by atoms with Crippen LogP contribution >= 0.6 is 0 Å². The van der Waals surface area contributed by atoms with Crippen LogP contribution in [0.5, 0.6) is 11.5 Å². The fourth-order valence-corrected chi connectivity index (χ4v) is 5.52. The molecule has 1 amide bonds. The van der Waals surface area contributed by atoms with E-state index >= 15 is 0 Å². The molecule has 0 N–H and O–H groups in total. The molecule has 3 aliphatic rings. The predicted molar refractivity (Wildman–Crippen MR) is 121 cm³/mol. The molecular weight excluding hydrogens is 402 g/mol. The van der Waals surface area contributed by atoms with Gasteiger partial charge >= 0.3 is 0 Å². The number of carbonyl (C=O) groups is 1. The number of para-hydroxylation sites is 1. The zero-order valence-electron chi connectivity index (χ0n) is 18.7. The molecule has 164 valence electrons. The van der Waals surface area contributed by atoms with Crippen molar-refractivity contribution in [1.29, 1.82) is 0 Å². The number of piperidine rings is 1. The van der Waals surface area contributed by atoms with Gasteiger partial charge in [0, 0.05) is 61.7 Å². The van der Waals surface area contributed by atoms with Gasteiger partial charge in [-0.3, -0.25) is 9.48 Å². The molecule has 4 heterocycles. The highest BCUT2D eigenvalue weighted by Gasteiger charge is 2.46.